The van der Waals surface area contributed by atoms with Crippen LogP contribution >= 0.6 is 0 Å². The summed E-state index contributed by atoms with van der Waals surface area (Å²) in [6.07, 6.45) is 12.0. The molecule has 0 N–H and O–H groups in total. The van der Waals surface area contributed by atoms with Crippen molar-refractivity contribution < 1.29 is 0 Å². The summed E-state index contributed by atoms with van der Waals surface area (Å²) in [5, 5.41) is 0. The molecule has 4 heteroatoms. The van der Waals surface area contributed by atoms with Crippen molar-refractivity contribution in [2.75, 3.05) is 0 Å². The predicted molar refractivity (Wildman–Crippen MR) is 77.7 cm³/mol. The van der Waals surface area contributed by atoms with Crippen LogP contribution in [0.2, 0.25) is 0 Å². The Morgan fingerprint density at radius 3 is 2.79 bits per heavy atom. The molecular weight excluding hydrogens is 236 g/mol. The zero-order valence-electron chi connectivity index (χ0n) is 12.0. The minimum atomic E-state index is 0.0981. The molecule has 0 aliphatic carbocycles. The van der Waals surface area contributed by atoms with Crippen molar-refractivity contribution in [3.8, 4) is 0 Å². The smallest absolute Gasteiger partial charge is 0.163 e. The Bertz CT molecular complexity index is 520. The number of nitrogens with zero attached hydrogens (tertiary/aromatic N) is 4. The van der Waals surface area contributed by atoms with E-state index in [0.717, 1.165) is 36.8 Å². The second-order valence-electron chi connectivity index (χ2n) is 5.13. The van der Waals surface area contributed by atoms with Gasteiger partial charge in [0.25, 0.3) is 0 Å². The Kier molecular flexibility index (Phi) is 4.51. The molecule has 0 spiro atoms. The Labute approximate surface area is 115 Å². The maximum absolute atomic E-state index is 4.44. The van der Waals surface area contributed by atoms with Crippen molar-refractivity contribution in [1.29, 1.82) is 0 Å². The predicted octanol–water partition coefficient (Wildman–Crippen LogP) is 3.74. The lowest BCUT2D eigenvalue weighted by Gasteiger charge is -2.34. The zero-order valence-corrected chi connectivity index (χ0v) is 12.0. The number of hydrogen-bond donors (Lipinski definition) is 0. The van der Waals surface area contributed by atoms with Gasteiger partial charge in [-0.25, -0.2) is 15.0 Å². The molecule has 0 aromatic carbocycles. The van der Waals surface area contributed by atoms with Crippen LogP contribution in [0.5, 0.6) is 0 Å². The Hall–Kier alpha value is -1.45. The summed E-state index contributed by atoms with van der Waals surface area (Å²) in [6, 6.07) is 0. The van der Waals surface area contributed by atoms with Gasteiger partial charge in [-0.1, -0.05) is 40.0 Å². The van der Waals surface area contributed by atoms with Crippen molar-refractivity contribution in [2.24, 2.45) is 0 Å². The van der Waals surface area contributed by atoms with E-state index >= 15 is 0 Å². The molecule has 2 rings (SSSR count). The fourth-order valence-corrected chi connectivity index (χ4v) is 2.84. The van der Waals surface area contributed by atoms with E-state index in [4.69, 9.17) is 0 Å². The molecule has 0 saturated heterocycles. The average Bonchev–Trinajstić information content (AvgIpc) is 2.88. The van der Waals surface area contributed by atoms with Crippen LogP contribution < -0.4 is 0 Å². The third kappa shape index (κ3) is 2.62. The van der Waals surface area contributed by atoms with Crippen LogP contribution in [0.4, 0.5) is 0 Å². The molecular formula is C15H23N4. The number of imidazole rings is 1. The van der Waals surface area contributed by atoms with Crippen LogP contribution in [0.3, 0.4) is 0 Å². The molecule has 0 fully saturated rings. The van der Waals surface area contributed by atoms with Gasteiger partial charge in [0.1, 0.15) is 11.8 Å². The van der Waals surface area contributed by atoms with Crippen LogP contribution in [0, 0.1) is 6.92 Å². The molecule has 0 aliphatic heterocycles. The van der Waals surface area contributed by atoms with E-state index in [-0.39, 0.29) is 5.54 Å². The van der Waals surface area contributed by atoms with Gasteiger partial charge in [0, 0.05) is 5.54 Å². The van der Waals surface area contributed by atoms with Crippen LogP contribution in [0.1, 0.15) is 52.4 Å². The van der Waals surface area contributed by atoms with Crippen LogP contribution in [0.15, 0.2) is 18.9 Å². The highest BCUT2D eigenvalue weighted by molar-refractivity contribution is 5.69. The van der Waals surface area contributed by atoms with Gasteiger partial charge in [-0.15, -0.1) is 0 Å². The van der Waals surface area contributed by atoms with Gasteiger partial charge < -0.3 is 4.57 Å². The standard InChI is InChI=1S/C15H23N4/c1-4-7-9-15(6-3,8-5-2)19-12-18-13-10-16-11-17-14(13)19/h10-12H,2,4-9H2,1,3H3. The number of unbranched alkanes of at least 4 members (excludes halogenated alkanes) is 1. The van der Waals surface area contributed by atoms with Gasteiger partial charge >= 0.3 is 0 Å². The molecule has 0 bridgehead atoms. The number of aromatic nitrogens is 4. The van der Waals surface area contributed by atoms with Gasteiger partial charge in [-0.2, -0.15) is 0 Å². The summed E-state index contributed by atoms with van der Waals surface area (Å²) in [6.45, 7) is 8.53. The molecule has 103 valence electrons. The van der Waals surface area contributed by atoms with Gasteiger partial charge in [0.2, 0.25) is 0 Å². The molecule has 19 heavy (non-hydrogen) atoms. The van der Waals surface area contributed by atoms with Crippen molar-refractivity contribution >= 4 is 11.2 Å². The lowest BCUT2D eigenvalue weighted by atomic mass is 9.85. The maximum atomic E-state index is 4.44. The van der Waals surface area contributed by atoms with E-state index in [9.17, 15) is 0 Å². The SMILES string of the molecule is [CH2]CCC(CC)(CCCC)n1cnc2cncnc21. The number of hydrogen-bond acceptors (Lipinski definition) is 3. The largest absolute Gasteiger partial charge is 0.309 e. The van der Waals surface area contributed by atoms with Crippen LogP contribution in [0.25, 0.3) is 11.2 Å². The number of rotatable bonds is 7. The third-order valence-electron chi connectivity index (χ3n) is 4.02. The second kappa shape index (κ2) is 6.13. The van der Waals surface area contributed by atoms with Crippen molar-refractivity contribution in [2.45, 2.75) is 57.9 Å². The Balaban J connectivity index is 2.46. The molecule has 0 amide bonds. The summed E-state index contributed by atoms with van der Waals surface area (Å²) in [7, 11) is 0. The molecule has 2 aromatic rings. The van der Waals surface area contributed by atoms with Gasteiger partial charge in [-0.3, -0.25) is 0 Å². The first kappa shape index (κ1) is 14.0. The summed E-state index contributed by atoms with van der Waals surface area (Å²) in [5.74, 6) is 0. The lowest BCUT2D eigenvalue weighted by Crippen LogP contribution is -2.32. The van der Waals surface area contributed by atoms with E-state index in [1.165, 1.54) is 12.8 Å². The van der Waals surface area contributed by atoms with Crippen LogP contribution in [-0.2, 0) is 5.54 Å². The molecule has 2 aromatic heterocycles. The van der Waals surface area contributed by atoms with Gasteiger partial charge in [0.05, 0.1) is 12.5 Å². The van der Waals surface area contributed by atoms with Crippen LogP contribution in [-0.4, -0.2) is 19.5 Å². The summed E-state index contributed by atoms with van der Waals surface area (Å²) >= 11 is 0. The highest BCUT2D eigenvalue weighted by Gasteiger charge is 2.30. The number of fused-ring (bicyclic) bond motifs is 1. The van der Waals surface area contributed by atoms with Crippen molar-refractivity contribution in [3.63, 3.8) is 0 Å². The molecule has 0 saturated carbocycles. The van der Waals surface area contributed by atoms with E-state index < -0.39 is 0 Å². The third-order valence-corrected chi connectivity index (χ3v) is 4.02. The summed E-state index contributed by atoms with van der Waals surface area (Å²) < 4.78 is 2.25. The fourth-order valence-electron chi connectivity index (χ4n) is 2.84. The molecule has 0 aliphatic rings. The minimum Gasteiger partial charge on any atom is -0.309 e. The lowest BCUT2D eigenvalue weighted by molar-refractivity contribution is 0.230. The Morgan fingerprint density at radius 1 is 1.26 bits per heavy atom. The first-order chi connectivity index (χ1) is 9.27. The topological polar surface area (TPSA) is 43.6 Å². The molecule has 4 nitrogen and oxygen atoms in total. The quantitative estimate of drug-likeness (QED) is 0.761. The molecule has 2 heterocycles. The van der Waals surface area contributed by atoms with Gasteiger partial charge in [-0.05, 0) is 19.3 Å². The van der Waals surface area contributed by atoms with Crippen molar-refractivity contribution in [3.05, 3.63) is 25.8 Å². The average molecular weight is 259 g/mol. The second-order valence-corrected chi connectivity index (χ2v) is 5.13. The first-order valence-corrected chi connectivity index (χ1v) is 7.20. The monoisotopic (exact) mass is 259 g/mol. The zero-order chi connectivity index (χ0) is 13.7. The Morgan fingerprint density at radius 2 is 2.11 bits per heavy atom. The van der Waals surface area contributed by atoms with E-state index in [2.05, 4.69) is 40.3 Å². The van der Waals surface area contributed by atoms with E-state index in [1.807, 2.05) is 6.33 Å². The molecule has 1 unspecified atom stereocenters. The van der Waals surface area contributed by atoms with Gasteiger partial charge in [0.15, 0.2) is 5.65 Å². The summed E-state index contributed by atoms with van der Waals surface area (Å²) in [5.41, 5.74) is 1.92. The molecule has 1 atom stereocenters. The van der Waals surface area contributed by atoms with E-state index in [1.54, 1.807) is 12.5 Å². The molecule has 1 radical (unpaired) electrons. The first-order valence-electron chi connectivity index (χ1n) is 7.20. The normalized spacial score (nSPS) is 14.7. The highest BCUT2D eigenvalue weighted by atomic mass is 15.2. The fraction of sp³-hybridized carbons (Fsp3) is 0.600. The van der Waals surface area contributed by atoms with E-state index in [0.29, 0.717) is 0 Å². The minimum absolute atomic E-state index is 0.0981. The maximum Gasteiger partial charge on any atom is 0.163 e. The highest BCUT2D eigenvalue weighted by Crippen LogP contribution is 2.34. The van der Waals surface area contributed by atoms with Crippen molar-refractivity contribution in [1.82, 2.24) is 19.5 Å². The summed E-state index contributed by atoms with van der Waals surface area (Å²) in [4.78, 5) is 12.9.